The van der Waals surface area contributed by atoms with Crippen molar-refractivity contribution in [2.75, 3.05) is 12.3 Å². The second-order valence-corrected chi connectivity index (χ2v) is 9.93. The first-order valence-electron chi connectivity index (χ1n) is 12.5. The number of halogens is 1. The Labute approximate surface area is 218 Å². The van der Waals surface area contributed by atoms with Crippen LogP contribution in [0.5, 0.6) is 0 Å². The first-order valence-corrected chi connectivity index (χ1v) is 13.6. The van der Waals surface area contributed by atoms with Crippen LogP contribution in [0.2, 0.25) is 0 Å². The molecule has 2 amide bonds. The van der Waals surface area contributed by atoms with Crippen LogP contribution in [-0.2, 0) is 28.3 Å². The Bertz CT molecular complexity index is 1120. The lowest BCUT2D eigenvalue weighted by molar-refractivity contribution is -0.139. The highest BCUT2D eigenvalue weighted by Crippen LogP contribution is 2.20. The lowest BCUT2D eigenvalue weighted by Gasteiger charge is -2.31. The molecule has 190 valence electrons. The Morgan fingerprint density at radius 1 is 0.972 bits per heavy atom. The van der Waals surface area contributed by atoms with Gasteiger partial charge in [-0.25, -0.2) is 4.39 Å². The highest BCUT2D eigenvalue weighted by molar-refractivity contribution is 7.99. The van der Waals surface area contributed by atoms with E-state index >= 15 is 0 Å². The fourth-order valence-electron chi connectivity index (χ4n) is 4.01. The van der Waals surface area contributed by atoms with Gasteiger partial charge in [0.1, 0.15) is 11.9 Å². The smallest absolute Gasteiger partial charge is 0.243 e. The molecular formula is C30H35FN2O2S. The zero-order valence-electron chi connectivity index (χ0n) is 21.1. The Balaban J connectivity index is 1.84. The maximum atomic E-state index is 14.6. The summed E-state index contributed by atoms with van der Waals surface area (Å²) in [6.07, 6.45) is 2.18. The summed E-state index contributed by atoms with van der Waals surface area (Å²) in [4.78, 5) is 28.5. The van der Waals surface area contributed by atoms with E-state index in [4.69, 9.17) is 0 Å². The van der Waals surface area contributed by atoms with Crippen LogP contribution in [-0.4, -0.2) is 35.1 Å². The highest BCUT2D eigenvalue weighted by atomic mass is 32.2. The van der Waals surface area contributed by atoms with Gasteiger partial charge in [0.05, 0.1) is 5.75 Å². The van der Waals surface area contributed by atoms with Gasteiger partial charge in [0, 0.05) is 30.8 Å². The van der Waals surface area contributed by atoms with E-state index in [1.165, 1.54) is 23.4 Å². The third-order valence-corrected chi connectivity index (χ3v) is 6.96. The molecule has 1 atom stereocenters. The molecule has 0 saturated heterocycles. The molecule has 3 aromatic rings. The van der Waals surface area contributed by atoms with Gasteiger partial charge in [-0.15, -0.1) is 11.8 Å². The maximum absolute atomic E-state index is 14.6. The molecule has 6 heteroatoms. The van der Waals surface area contributed by atoms with Gasteiger partial charge in [-0.2, -0.15) is 0 Å². The lowest BCUT2D eigenvalue weighted by atomic mass is 10.0. The molecule has 0 aromatic heterocycles. The lowest BCUT2D eigenvalue weighted by Crippen LogP contribution is -2.51. The average Bonchev–Trinajstić information content (AvgIpc) is 2.88. The predicted molar refractivity (Wildman–Crippen MR) is 146 cm³/mol. The molecule has 1 unspecified atom stereocenters. The van der Waals surface area contributed by atoms with Gasteiger partial charge in [0.25, 0.3) is 0 Å². The van der Waals surface area contributed by atoms with Crippen molar-refractivity contribution in [3.63, 3.8) is 0 Å². The second-order valence-electron chi connectivity index (χ2n) is 8.95. The number of nitrogens with zero attached hydrogens (tertiary/aromatic N) is 1. The van der Waals surface area contributed by atoms with Crippen molar-refractivity contribution in [1.82, 2.24) is 10.2 Å². The molecule has 36 heavy (non-hydrogen) atoms. The van der Waals surface area contributed by atoms with Gasteiger partial charge in [0.2, 0.25) is 11.8 Å². The fraction of sp³-hybridized carbons (Fsp3) is 0.333. The Hall–Kier alpha value is -3.12. The minimum absolute atomic E-state index is 0.0369. The molecule has 0 aliphatic carbocycles. The summed E-state index contributed by atoms with van der Waals surface area (Å²) in [7, 11) is 0. The number of hydrogen-bond acceptors (Lipinski definition) is 3. The Kier molecular flexibility index (Phi) is 11.0. The minimum Gasteiger partial charge on any atom is -0.354 e. The van der Waals surface area contributed by atoms with Crippen LogP contribution in [0, 0.1) is 12.7 Å². The van der Waals surface area contributed by atoms with Crippen molar-refractivity contribution in [2.45, 2.75) is 51.4 Å². The number of benzene rings is 3. The van der Waals surface area contributed by atoms with Crippen LogP contribution in [0.1, 0.15) is 42.0 Å². The zero-order valence-corrected chi connectivity index (χ0v) is 21.9. The largest absolute Gasteiger partial charge is 0.354 e. The zero-order chi connectivity index (χ0) is 25.8. The SMILES string of the molecule is CCCCNC(=O)C(Cc1ccccc1)N(Cc1ccccc1F)C(=O)CSCc1cccc(C)c1. The average molecular weight is 507 g/mol. The van der Waals surface area contributed by atoms with Crippen LogP contribution >= 0.6 is 11.8 Å². The molecule has 0 aliphatic heterocycles. The summed E-state index contributed by atoms with van der Waals surface area (Å²) in [5, 5.41) is 2.99. The molecule has 0 bridgehead atoms. The van der Waals surface area contributed by atoms with Crippen molar-refractivity contribution in [1.29, 1.82) is 0 Å². The Morgan fingerprint density at radius 3 is 2.42 bits per heavy atom. The van der Waals surface area contributed by atoms with Crippen molar-refractivity contribution in [3.05, 3.63) is 107 Å². The molecule has 0 fully saturated rings. The molecule has 4 nitrogen and oxygen atoms in total. The van der Waals surface area contributed by atoms with Gasteiger partial charge in [-0.3, -0.25) is 9.59 Å². The summed E-state index contributed by atoms with van der Waals surface area (Å²) < 4.78 is 14.6. The van der Waals surface area contributed by atoms with Crippen molar-refractivity contribution < 1.29 is 14.0 Å². The first kappa shape index (κ1) is 27.5. The number of carbonyl (C=O) groups is 2. The van der Waals surface area contributed by atoms with Crippen LogP contribution in [0.3, 0.4) is 0 Å². The summed E-state index contributed by atoms with van der Waals surface area (Å²) in [6.45, 7) is 4.69. The van der Waals surface area contributed by atoms with Gasteiger partial charge in [0.15, 0.2) is 0 Å². The second kappa shape index (κ2) is 14.4. The molecule has 0 spiro atoms. The van der Waals surface area contributed by atoms with E-state index in [0.29, 0.717) is 24.3 Å². The monoisotopic (exact) mass is 506 g/mol. The standard InChI is InChI=1S/C30H35FN2O2S/c1-3-4-17-32-30(35)28(19-24-12-6-5-7-13-24)33(20-26-15-8-9-16-27(26)31)29(34)22-36-21-25-14-10-11-23(2)18-25/h5-16,18,28H,3-4,17,19-22H2,1-2H3,(H,32,35). The molecule has 1 N–H and O–H groups in total. The molecule has 0 aliphatic rings. The topological polar surface area (TPSA) is 49.4 Å². The molecule has 0 radical (unpaired) electrons. The molecular weight excluding hydrogens is 471 g/mol. The number of rotatable bonds is 13. The number of carbonyl (C=O) groups excluding carboxylic acids is 2. The summed E-state index contributed by atoms with van der Waals surface area (Å²) >= 11 is 1.51. The third-order valence-electron chi connectivity index (χ3n) is 5.98. The number of amides is 2. The third kappa shape index (κ3) is 8.52. The van der Waals surface area contributed by atoms with E-state index in [-0.39, 0.29) is 29.9 Å². The van der Waals surface area contributed by atoms with Crippen molar-refractivity contribution >= 4 is 23.6 Å². The quantitative estimate of drug-likeness (QED) is 0.293. The first-order chi connectivity index (χ1) is 17.5. The summed E-state index contributed by atoms with van der Waals surface area (Å²) in [5.74, 6) is 0.124. The van der Waals surface area contributed by atoms with Gasteiger partial charge in [-0.05, 0) is 30.5 Å². The molecule has 3 aromatic carbocycles. The maximum Gasteiger partial charge on any atom is 0.243 e. The van der Waals surface area contributed by atoms with E-state index in [1.54, 1.807) is 23.1 Å². The van der Waals surface area contributed by atoms with E-state index < -0.39 is 6.04 Å². The molecule has 0 heterocycles. The minimum atomic E-state index is -0.740. The predicted octanol–water partition coefficient (Wildman–Crippen LogP) is 5.92. The van der Waals surface area contributed by atoms with Crippen LogP contribution in [0.15, 0.2) is 78.9 Å². The van der Waals surface area contributed by atoms with E-state index in [9.17, 15) is 14.0 Å². The van der Waals surface area contributed by atoms with Gasteiger partial charge >= 0.3 is 0 Å². The number of hydrogen-bond donors (Lipinski definition) is 1. The number of unbranched alkanes of at least 4 members (excludes halogenated alkanes) is 1. The van der Waals surface area contributed by atoms with Crippen LogP contribution in [0.25, 0.3) is 0 Å². The summed E-state index contributed by atoms with van der Waals surface area (Å²) in [5.41, 5.74) is 3.67. The van der Waals surface area contributed by atoms with E-state index in [0.717, 1.165) is 24.0 Å². The van der Waals surface area contributed by atoms with E-state index in [1.807, 2.05) is 55.5 Å². The van der Waals surface area contributed by atoms with Crippen molar-refractivity contribution in [2.24, 2.45) is 0 Å². The Morgan fingerprint density at radius 2 is 1.69 bits per heavy atom. The van der Waals surface area contributed by atoms with Crippen LogP contribution < -0.4 is 5.32 Å². The number of aryl methyl sites for hydroxylation is 1. The van der Waals surface area contributed by atoms with E-state index in [2.05, 4.69) is 18.3 Å². The fourth-order valence-corrected chi connectivity index (χ4v) is 4.87. The number of thioether (sulfide) groups is 1. The van der Waals surface area contributed by atoms with Crippen molar-refractivity contribution in [3.8, 4) is 0 Å². The highest BCUT2D eigenvalue weighted by Gasteiger charge is 2.30. The molecule has 3 rings (SSSR count). The van der Waals surface area contributed by atoms with Gasteiger partial charge in [-0.1, -0.05) is 91.7 Å². The number of nitrogens with one attached hydrogen (secondary N) is 1. The normalized spacial score (nSPS) is 11.6. The summed E-state index contributed by atoms with van der Waals surface area (Å²) in [6, 6.07) is 23.5. The molecule has 0 saturated carbocycles. The van der Waals surface area contributed by atoms with Gasteiger partial charge < -0.3 is 10.2 Å². The van der Waals surface area contributed by atoms with Crippen LogP contribution in [0.4, 0.5) is 4.39 Å².